The smallest absolute Gasteiger partial charge is 0.160 e. The van der Waals surface area contributed by atoms with Gasteiger partial charge in [0, 0.05) is 11.8 Å². The van der Waals surface area contributed by atoms with E-state index in [1.54, 1.807) is 24.3 Å². The SMILES string of the molecule is COc1ccccc1CS(=O)(=O)Cc1ncc(Cl)cc1Cl. The average Bonchev–Trinajstić information content (AvgIpc) is 2.42. The normalized spacial score (nSPS) is 11.4. The zero-order valence-corrected chi connectivity index (χ0v) is 13.5. The highest BCUT2D eigenvalue weighted by Crippen LogP contribution is 2.24. The number of halogens is 2. The van der Waals surface area contributed by atoms with Gasteiger partial charge in [0.2, 0.25) is 0 Å². The predicted octanol–water partition coefficient (Wildman–Crippen LogP) is 3.51. The Morgan fingerprint density at radius 2 is 1.90 bits per heavy atom. The van der Waals surface area contributed by atoms with Crippen molar-refractivity contribution in [1.29, 1.82) is 0 Å². The molecule has 0 aliphatic rings. The second kappa shape index (κ2) is 6.64. The average molecular weight is 346 g/mol. The molecule has 0 spiro atoms. The molecule has 0 saturated carbocycles. The van der Waals surface area contributed by atoms with Crippen LogP contribution >= 0.6 is 23.2 Å². The van der Waals surface area contributed by atoms with Crippen molar-refractivity contribution >= 4 is 33.0 Å². The van der Waals surface area contributed by atoms with E-state index < -0.39 is 9.84 Å². The molecule has 1 aromatic heterocycles. The lowest BCUT2D eigenvalue weighted by molar-refractivity contribution is 0.411. The standard InChI is InChI=1S/C14H13Cl2NO3S/c1-20-14-5-3-2-4-10(14)8-21(18,19)9-13-12(16)6-11(15)7-17-13/h2-7H,8-9H2,1H3. The molecule has 2 rings (SSSR count). The van der Waals surface area contributed by atoms with Gasteiger partial charge in [-0.3, -0.25) is 4.98 Å². The van der Waals surface area contributed by atoms with Gasteiger partial charge in [0.15, 0.2) is 9.84 Å². The summed E-state index contributed by atoms with van der Waals surface area (Å²) in [6, 6.07) is 8.46. The number of hydrogen-bond acceptors (Lipinski definition) is 4. The van der Waals surface area contributed by atoms with Gasteiger partial charge in [-0.25, -0.2) is 8.42 Å². The molecular weight excluding hydrogens is 333 g/mol. The Hall–Kier alpha value is -1.30. The Morgan fingerprint density at radius 1 is 1.19 bits per heavy atom. The van der Waals surface area contributed by atoms with Gasteiger partial charge >= 0.3 is 0 Å². The third-order valence-electron chi connectivity index (χ3n) is 2.81. The van der Waals surface area contributed by atoms with E-state index >= 15 is 0 Å². The van der Waals surface area contributed by atoms with Crippen LogP contribution in [0.25, 0.3) is 0 Å². The third kappa shape index (κ3) is 4.33. The Kier molecular flexibility index (Phi) is 5.08. The quantitative estimate of drug-likeness (QED) is 0.831. The maximum absolute atomic E-state index is 12.3. The fourth-order valence-electron chi connectivity index (χ4n) is 1.87. The number of methoxy groups -OCH3 is 1. The highest BCUT2D eigenvalue weighted by Gasteiger charge is 2.18. The Bertz CT molecular complexity index is 748. The molecule has 21 heavy (non-hydrogen) atoms. The molecule has 0 saturated heterocycles. The highest BCUT2D eigenvalue weighted by atomic mass is 35.5. The lowest BCUT2D eigenvalue weighted by Gasteiger charge is -2.09. The van der Waals surface area contributed by atoms with Crippen LogP contribution in [0.1, 0.15) is 11.3 Å². The maximum atomic E-state index is 12.3. The van der Waals surface area contributed by atoms with Gasteiger partial charge in [0.05, 0.1) is 34.4 Å². The Balaban J connectivity index is 2.23. The Morgan fingerprint density at radius 3 is 2.57 bits per heavy atom. The van der Waals surface area contributed by atoms with Crippen molar-refractivity contribution in [2.24, 2.45) is 0 Å². The number of ether oxygens (including phenoxy) is 1. The van der Waals surface area contributed by atoms with Crippen molar-refractivity contribution in [3.8, 4) is 5.75 Å². The van der Waals surface area contributed by atoms with Crippen LogP contribution in [0.15, 0.2) is 36.5 Å². The fourth-order valence-corrected chi connectivity index (χ4v) is 3.85. The molecule has 0 fully saturated rings. The van der Waals surface area contributed by atoms with Gasteiger partial charge in [-0.1, -0.05) is 41.4 Å². The van der Waals surface area contributed by atoms with Crippen molar-refractivity contribution in [1.82, 2.24) is 4.98 Å². The van der Waals surface area contributed by atoms with E-state index in [4.69, 9.17) is 27.9 Å². The van der Waals surface area contributed by atoms with Crippen molar-refractivity contribution in [2.45, 2.75) is 11.5 Å². The van der Waals surface area contributed by atoms with E-state index in [0.717, 1.165) is 0 Å². The minimum atomic E-state index is -3.43. The molecule has 0 aliphatic carbocycles. The second-order valence-electron chi connectivity index (χ2n) is 4.43. The molecule has 1 heterocycles. The first-order valence-corrected chi connectivity index (χ1v) is 8.61. The van der Waals surface area contributed by atoms with E-state index in [0.29, 0.717) is 16.3 Å². The molecule has 0 amide bonds. The molecule has 1 aromatic carbocycles. The number of hydrogen-bond donors (Lipinski definition) is 0. The van der Waals surface area contributed by atoms with Crippen molar-refractivity contribution < 1.29 is 13.2 Å². The first-order chi connectivity index (χ1) is 9.91. The van der Waals surface area contributed by atoms with E-state index in [9.17, 15) is 8.42 Å². The molecule has 2 aromatic rings. The molecule has 112 valence electrons. The van der Waals surface area contributed by atoms with Crippen LogP contribution in [0, 0.1) is 0 Å². The van der Waals surface area contributed by atoms with Gasteiger partial charge in [0.1, 0.15) is 5.75 Å². The number of aromatic nitrogens is 1. The summed E-state index contributed by atoms with van der Waals surface area (Å²) in [5, 5.41) is 0.608. The topological polar surface area (TPSA) is 56.3 Å². The monoisotopic (exact) mass is 345 g/mol. The maximum Gasteiger partial charge on any atom is 0.160 e. The zero-order chi connectivity index (χ0) is 15.5. The molecule has 0 atom stereocenters. The summed E-state index contributed by atoms with van der Waals surface area (Å²) >= 11 is 11.7. The summed E-state index contributed by atoms with van der Waals surface area (Å²) in [5.74, 6) is 0.148. The van der Waals surface area contributed by atoms with Gasteiger partial charge in [0.25, 0.3) is 0 Å². The van der Waals surface area contributed by atoms with Crippen LogP contribution in [0.4, 0.5) is 0 Å². The minimum absolute atomic E-state index is 0.141. The summed E-state index contributed by atoms with van der Waals surface area (Å²) < 4.78 is 29.7. The molecule has 4 nitrogen and oxygen atoms in total. The summed E-state index contributed by atoms with van der Waals surface area (Å²) in [6.45, 7) is 0. The van der Waals surface area contributed by atoms with E-state index in [1.165, 1.54) is 19.4 Å². The third-order valence-corrected chi connectivity index (χ3v) is 4.81. The van der Waals surface area contributed by atoms with Crippen molar-refractivity contribution in [3.05, 3.63) is 57.8 Å². The number of pyridine rings is 1. The van der Waals surface area contributed by atoms with Crippen LogP contribution in [0.5, 0.6) is 5.75 Å². The predicted molar refractivity (Wildman–Crippen MR) is 83.6 cm³/mol. The number of benzene rings is 1. The van der Waals surface area contributed by atoms with Crippen molar-refractivity contribution in [3.63, 3.8) is 0 Å². The summed E-state index contributed by atoms with van der Waals surface area (Å²) in [4.78, 5) is 3.97. The first-order valence-electron chi connectivity index (χ1n) is 6.03. The summed E-state index contributed by atoms with van der Waals surface area (Å²) in [6.07, 6.45) is 1.38. The lowest BCUT2D eigenvalue weighted by atomic mass is 10.2. The van der Waals surface area contributed by atoms with Gasteiger partial charge < -0.3 is 4.74 Å². The fraction of sp³-hybridized carbons (Fsp3) is 0.214. The number of rotatable bonds is 5. The second-order valence-corrected chi connectivity index (χ2v) is 7.33. The zero-order valence-electron chi connectivity index (χ0n) is 11.2. The van der Waals surface area contributed by atoms with Crippen molar-refractivity contribution in [2.75, 3.05) is 7.11 Å². The molecule has 0 aliphatic heterocycles. The number of nitrogens with zero attached hydrogens (tertiary/aromatic N) is 1. The van der Waals surface area contributed by atoms with Gasteiger partial charge in [-0.2, -0.15) is 0 Å². The number of para-hydroxylation sites is 1. The van der Waals surface area contributed by atoms with Crippen LogP contribution in [-0.4, -0.2) is 20.5 Å². The highest BCUT2D eigenvalue weighted by molar-refractivity contribution is 7.89. The lowest BCUT2D eigenvalue weighted by Crippen LogP contribution is -2.10. The molecule has 0 radical (unpaired) electrons. The molecule has 0 N–H and O–H groups in total. The summed E-state index contributed by atoms with van der Waals surface area (Å²) in [7, 11) is -1.92. The van der Waals surface area contributed by atoms with Crippen LogP contribution in [-0.2, 0) is 21.3 Å². The molecule has 0 unspecified atom stereocenters. The van der Waals surface area contributed by atoms with Crippen LogP contribution in [0.3, 0.4) is 0 Å². The number of sulfone groups is 1. The minimum Gasteiger partial charge on any atom is -0.496 e. The van der Waals surface area contributed by atoms with E-state index in [1.807, 2.05) is 0 Å². The van der Waals surface area contributed by atoms with Gasteiger partial charge in [-0.15, -0.1) is 0 Å². The molecule has 7 heteroatoms. The molecular formula is C14H13Cl2NO3S. The molecule has 0 bridgehead atoms. The summed E-state index contributed by atoms with van der Waals surface area (Å²) in [5.41, 5.74) is 0.890. The van der Waals surface area contributed by atoms with E-state index in [-0.39, 0.29) is 22.2 Å². The first kappa shape index (κ1) is 16.1. The van der Waals surface area contributed by atoms with Gasteiger partial charge in [-0.05, 0) is 12.1 Å². The van der Waals surface area contributed by atoms with E-state index in [2.05, 4.69) is 4.98 Å². The Labute approximate surface area is 133 Å². The largest absolute Gasteiger partial charge is 0.496 e. The van der Waals surface area contributed by atoms with Crippen LogP contribution in [0.2, 0.25) is 10.0 Å². The van der Waals surface area contributed by atoms with Crippen LogP contribution < -0.4 is 4.74 Å².